The zero-order valence-electron chi connectivity index (χ0n) is 57.6. The van der Waals surface area contributed by atoms with Gasteiger partial charge in [-0.25, -0.2) is 9.59 Å². The molecule has 16 atom stereocenters. The molecule has 21 heteroatoms. The molecule has 2 bridgehead atoms. The molecule has 5 aliphatic rings. The van der Waals surface area contributed by atoms with Crippen molar-refractivity contribution in [1.82, 2.24) is 9.96 Å². The molecular weight excluding hydrogens is 1170 g/mol. The van der Waals surface area contributed by atoms with E-state index in [4.69, 9.17) is 42.1 Å². The molecule has 19 nitrogen and oxygen atoms in total. The molecule has 89 heavy (non-hydrogen) atoms. The van der Waals surface area contributed by atoms with Crippen molar-refractivity contribution in [1.29, 1.82) is 0 Å². The molecule has 0 aromatic heterocycles. The summed E-state index contributed by atoms with van der Waals surface area (Å²) in [6.07, 6.45) is 9.66. The number of hydrogen-bond acceptors (Lipinski definition) is 17. The number of piperidine rings is 1. The van der Waals surface area contributed by atoms with E-state index >= 15 is 4.79 Å². The predicted octanol–water partition coefficient (Wildman–Crippen LogP) is 12.3. The maximum absolute atomic E-state index is 15.3. The van der Waals surface area contributed by atoms with E-state index in [1.54, 1.807) is 21.1 Å². The molecule has 4 fully saturated rings. The maximum Gasteiger partial charge on any atom is 0.534 e. The molecule has 3 saturated heterocycles. The van der Waals surface area contributed by atoms with E-state index in [1.165, 1.54) is 12.0 Å². The first-order chi connectivity index (χ1) is 41.4. The largest absolute Gasteiger partial charge is 0.534 e. The van der Waals surface area contributed by atoms with Crippen molar-refractivity contribution < 1.29 is 80.8 Å². The van der Waals surface area contributed by atoms with E-state index in [0.29, 0.717) is 55.6 Å². The maximum atomic E-state index is 15.3. The van der Waals surface area contributed by atoms with Gasteiger partial charge in [0.25, 0.3) is 23.5 Å². The smallest absolute Gasteiger partial charge is 0.460 e. The van der Waals surface area contributed by atoms with Crippen LogP contribution in [0.5, 0.6) is 0 Å². The molecule has 504 valence electrons. The highest BCUT2D eigenvalue weighted by Gasteiger charge is 2.54. The number of hydroxylamine groups is 2. The zero-order chi connectivity index (χ0) is 66.7. The average Bonchev–Trinajstić information content (AvgIpc) is 1.86. The van der Waals surface area contributed by atoms with Crippen LogP contribution in [0.15, 0.2) is 47.6 Å². The Bertz CT molecular complexity index is 2570. The lowest BCUT2D eigenvalue weighted by Gasteiger charge is -2.44. The van der Waals surface area contributed by atoms with Gasteiger partial charge in [0.15, 0.2) is 22.4 Å². The third-order valence-corrected chi connectivity index (χ3v) is 29.4. The van der Waals surface area contributed by atoms with Gasteiger partial charge < -0.3 is 47.3 Å². The molecule has 0 radical (unpaired) electrons. The van der Waals surface area contributed by atoms with Gasteiger partial charge in [0, 0.05) is 71.3 Å². The fourth-order valence-electron chi connectivity index (χ4n) is 12.6. The first-order valence-electron chi connectivity index (χ1n) is 32.8. The van der Waals surface area contributed by atoms with Gasteiger partial charge in [-0.15, -0.1) is 0 Å². The molecule has 5 unspecified atom stereocenters. The topological polar surface area (TPSA) is 229 Å². The zero-order valence-corrected chi connectivity index (χ0v) is 59.6. The van der Waals surface area contributed by atoms with Crippen LogP contribution in [0.4, 0.5) is 4.79 Å². The Morgan fingerprint density at radius 3 is 1.98 bits per heavy atom. The van der Waals surface area contributed by atoms with Gasteiger partial charge in [-0.1, -0.05) is 118 Å². The van der Waals surface area contributed by atoms with Crippen LogP contribution in [0.3, 0.4) is 0 Å². The summed E-state index contributed by atoms with van der Waals surface area (Å²) in [5.74, 6) is -9.46. The summed E-state index contributed by atoms with van der Waals surface area (Å²) < 4.78 is 51.7. The summed E-state index contributed by atoms with van der Waals surface area (Å²) in [4.78, 5) is 106. The summed E-state index contributed by atoms with van der Waals surface area (Å²) in [7, 11) is -0.0956. The van der Waals surface area contributed by atoms with Crippen LogP contribution in [0, 0.1) is 35.5 Å². The molecule has 1 aliphatic carbocycles. The monoisotopic (exact) mass is 1280 g/mol. The minimum absolute atomic E-state index is 0.0219. The van der Waals surface area contributed by atoms with Gasteiger partial charge in [-0.05, 0) is 143 Å². The van der Waals surface area contributed by atoms with Crippen molar-refractivity contribution >= 4 is 58.0 Å². The Morgan fingerprint density at radius 2 is 1.37 bits per heavy atom. The Kier molecular flexibility index (Phi) is 27.2. The first-order valence-corrected chi connectivity index (χ1v) is 38.6. The lowest BCUT2D eigenvalue weighted by molar-refractivity contribution is -0.265. The number of Topliss-reactive ketones (excluding diaryl/α,β-unsaturated/α-hetero) is 2. The standard InChI is InChI=1S/C68H112N2O17Si2/c1-42-26-22-21-23-27-43(2)53(79-14)40-50-31-29-48(7)68(78,84-50)62(74)63(75)69-35-25-24-28-51(69)64(76)82-54(45(4)38-49-30-32-52(56(39-49)80-15)86-88(17,18)66(8,9)10)41-55(83-65(77)85-70-57(71)33-34-58(70)72)44(3)37-47(6)60(87-89(19,20)67(11,12)13)61(81-16)59(73)46(5)36-42/h21-23,26-27,37,42,44-46,48-56,60-61,78H,24-25,28-36,38-41H2,1-20H3/b23-21?,26-22+,43-27?,47-37+/t42?,44-,45-,46?,48-,49?,50+,51?,52-,53+,54?,55-,56-,60-,61+,68-/m1/s1. The second-order valence-electron chi connectivity index (χ2n) is 29.5. The predicted molar refractivity (Wildman–Crippen MR) is 345 cm³/mol. The van der Waals surface area contributed by atoms with E-state index < -0.39 is 124 Å². The molecule has 3 amide bonds. The molecule has 1 N–H and O–H groups in total. The number of aliphatic hydroxyl groups is 1. The Labute approximate surface area is 534 Å². The minimum atomic E-state index is -2.69. The van der Waals surface area contributed by atoms with Crippen molar-refractivity contribution in [3.63, 3.8) is 0 Å². The molecule has 4 heterocycles. The summed E-state index contributed by atoms with van der Waals surface area (Å²) in [6.45, 7) is 34.8. The molecular formula is C68H112N2O17Si2. The summed E-state index contributed by atoms with van der Waals surface area (Å²) in [5, 5.41) is 12.4. The fourth-order valence-corrected chi connectivity index (χ4v) is 15.3. The number of allylic oxidation sites excluding steroid dienone is 5. The molecule has 5 rings (SSSR count). The van der Waals surface area contributed by atoms with Crippen LogP contribution in [0.1, 0.15) is 180 Å². The van der Waals surface area contributed by atoms with Crippen molar-refractivity contribution in [2.24, 2.45) is 35.5 Å². The van der Waals surface area contributed by atoms with Crippen molar-refractivity contribution in [3.8, 4) is 0 Å². The number of hydrogen-bond donors (Lipinski definition) is 1. The lowest BCUT2D eigenvalue weighted by atomic mass is 9.78. The Morgan fingerprint density at radius 1 is 0.730 bits per heavy atom. The molecule has 0 aromatic carbocycles. The Hall–Kier alpha value is -4.20. The van der Waals surface area contributed by atoms with Gasteiger partial charge in [0.1, 0.15) is 24.4 Å². The van der Waals surface area contributed by atoms with E-state index in [1.807, 2.05) is 78.0 Å². The number of carbonyl (C=O) groups excluding carboxylic acids is 7. The highest BCUT2D eigenvalue weighted by Crippen LogP contribution is 2.44. The van der Waals surface area contributed by atoms with Crippen molar-refractivity contribution in [3.05, 3.63) is 47.6 Å². The van der Waals surface area contributed by atoms with Crippen LogP contribution in [0.2, 0.25) is 36.3 Å². The number of fused-ring (bicyclic) bond motifs is 3. The fraction of sp³-hybridized carbons (Fsp3) is 0.779. The van der Waals surface area contributed by atoms with Crippen molar-refractivity contribution in [2.45, 2.75) is 277 Å². The van der Waals surface area contributed by atoms with Gasteiger partial charge in [0.2, 0.25) is 5.79 Å². The Balaban J connectivity index is 1.66. The van der Waals surface area contributed by atoms with E-state index in [2.05, 4.69) is 67.7 Å². The van der Waals surface area contributed by atoms with Gasteiger partial charge in [0.05, 0.1) is 30.5 Å². The number of ketones is 2. The lowest BCUT2D eigenvalue weighted by Crippen LogP contribution is -2.61. The van der Waals surface area contributed by atoms with Gasteiger partial charge >= 0.3 is 12.1 Å². The normalized spacial score (nSPS) is 34.3. The second kappa shape index (κ2) is 32.1. The summed E-state index contributed by atoms with van der Waals surface area (Å²) in [6, 6.07) is -1.24. The minimum Gasteiger partial charge on any atom is -0.460 e. The van der Waals surface area contributed by atoms with Crippen LogP contribution < -0.4 is 0 Å². The third kappa shape index (κ3) is 19.7. The van der Waals surface area contributed by atoms with Gasteiger partial charge in [-0.2, -0.15) is 0 Å². The summed E-state index contributed by atoms with van der Waals surface area (Å²) in [5.41, 5.74) is 1.48. The number of esters is 1. The van der Waals surface area contributed by atoms with E-state index in [9.17, 15) is 33.9 Å². The van der Waals surface area contributed by atoms with Crippen molar-refractivity contribution in [2.75, 3.05) is 27.9 Å². The number of cyclic esters (lactones) is 1. The first kappa shape index (κ1) is 75.5. The van der Waals surface area contributed by atoms with Crippen LogP contribution in [0.25, 0.3) is 0 Å². The average molecular weight is 1290 g/mol. The van der Waals surface area contributed by atoms with E-state index in [-0.39, 0.29) is 78.6 Å². The number of imide groups is 1. The third-order valence-electron chi connectivity index (χ3n) is 20.5. The van der Waals surface area contributed by atoms with Crippen LogP contribution >= 0.6 is 0 Å². The number of amides is 3. The van der Waals surface area contributed by atoms with Crippen LogP contribution in [-0.4, -0.2) is 162 Å². The number of carbonyl (C=O) groups is 7. The quantitative estimate of drug-likeness (QED) is 0.0629. The number of ether oxygens (including phenoxy) is 6. The molecule has 1 saturated carbocycles. The number of nitrogens with zero attached hydrogens (tertiary/aromatic N) is 2. The van der Waals surface area contributed by atoms with E-state index in [0.717, 1.165) is 18.4 Å². The SMILES string of the molecule is CO[C@H]1C[C@@H]2CC[C@@H](C)[C@@](O)(O2)C(=O)C(=O)N2CCCCC2C(=O)OC([C@H](C)CC2CC[C@@H](O[Si](C)(C)C(C)(C)C)[C@H](OC)C2)C[C@@H](OC(=O)ON2C(=O)CCC2=O)[C@H](C)/C=C(\C)[C@@H](O[Si](C)(C)C(C)(C)C)[C@@H](OC)C(=O)C(C)CC(C)/C=C/C=CC=C1C. The second-order valence-corrected chi connectivity index (χ2v) is 39.0. The molecule has 0 aromatic rings. The van der Waals surface area contributed by atoms with Crippen LogP contribution in [-0.2, 0) is 70.9 Å². The highest BCUT2D eigenvalue weighted by atomic mass is 28.4. The van der Waals surface area contributed by atoms with Gasteiger partial charge in [-0.3, -0.25) is 28.8 Å². The summed E-state index contributed by atoms with van der Waals surface area (Å²) >= 11 is 0. The highest BCUT2D eigenvalue weighted by molar-refractivity contribution is 6.74. The molecule has 4 aliphatic heterocycles. The number of rotatable bonds is 12. The number of methoxy groups -OCH3 is 3. The molecule has 0 spiro atoms.